The molecular formula is C15H28N4O5S. The molecule has 144 valence electrons. The van der Waals surface area contributed by atoms with Gasteiger partial charge in [-0.2, -0.15) is 12.6 Å². The quantitative estimate of drug-likeness (QED) is 0.262. The lowest BCUT2D eigenvalue weighted by Crippen LogP contribution is -2.58. The average Bonchev–Trinajstić information content (AvgIpc) is 2.53. The number of carboxylic acid groups (broad SMARTS) is 1. The number of carbonyl (C=O) groups is 4. The zero-order chi connectivity index (χ0) is 19.7. The number of nitrogens with one attached hydrogen (secondary N) is 3. The average molecular weight is 376 g/mol. The number of rotatable bonds is 10. The van der Waals surface area contributed by atoms with Crippen LogP contribution in [0, 0.1) is 11.8 Å². The van der Waals surface area contributed by atoms with E-state index in [2.05, 4.69) is 28.6 Å². The van der Waals surface area contributed by atoms with E-state index in [1.165, 1.54) is 0 Å². The highest BCUT2D eigenvalue weighted by molar-refractivity contribution is 7.80. The summed E-state index contributed by atoms with van der Waals surface area (Å²) in [6.07, 6.45) is 0. The highest BCUT2D eigenvalue weighted by Crippen LogP contribution is 2.07. The van der Waals surface area contributed by atoms with Gasteiger partial charge in [0.15, 0.2) is 0 Å². The van der Waals surface area contributed by atoms with E-state index < -0.39 is 48.4 Å². The molecule has 0 aliphatic heterocycles. The molecule has 0 bridgehead atoms. The minimum absolute atomic E-state index is 0.129. The summed E-state index contributed by atoms with van der Waals surface area (Å²) < 4.78 is 0. The third-order valence-electron chi connectivity index (χ3n) is 3.44. The van der Waals surface area contributed by atoms with Crippen molar-refractivity contribution in [3.8, 4) is 0 Å². The Morgan fingerprint density at radius 1 is 0.920 bits per heavy atom. The fourth-order valence-electron chi connectivity index (χ4n) is 1.93. The van der Waals surface area contributed by atoms with Crippen molar-refractivity contribution in [2.45, 2.75) is 45.8 Å². The predicted molar refractivity (Wildman–Crippen MR) is 96.0 cm³/mol. The first kappa shape index (κ1) is 23.2. The first-order valence-electron chi connectivity index (χ1n) is 7.97. The van der Waals surface area contributed by atoms with Gasteiger partial charge in [0.2, 0.25) is 17.7 Å². The Balaban J connectivity index is 5.06. The molecule has 0 radical (unpaired) electrons. The normalized spacial score (nSPS) is 14.6. The van der Waals surface area contributed by atoms with Crippen LogP contribution in [0.4, 0.5) is 0 Å². The summed E-state index contributed by atoms with van der Waals surface area (Å²) in [6.45, 7) is 6.37. The van der Waals surface area contributed by atoms with Crippen LogP contribution >= 0.6 is 12.6 Å². The Morgan fingerprint density at radius 2 is 1.36 bits per heavy atom. The Kier molecular flexibility index (Phi) is 10.1. The summed E-state index contributed by atoms with van der Waals surface area (Å²) >= 11 is 3.94. The van der Waals surface area contributed by atoms with Gasteiger partial charge in [0.05, 0.1) is 6.04 Å². The van der Waals surface area contributed by atoms with Crippen LogP contribution in [0.1, 0.15) is 27.7 Å². The van der Waals surface area contributed by atoms with Gasteiger partial charge in [-0.3, -0.25) is 19.2 Å². The summed E-state index contributed by atoms with van der Waals surface area (Å²) in [5, 5.41) is 16.0. The molecule has 0 fully saturated rings. The monoisotopic (exact) mass is 376 g/mol. The highest BCUT2D eigenvalue weighted by Gasteiger charge is 2.31. The Labute approximate surface area is 152 Å². The molecule has 3 amide bonds. The molecule has 0 aromatic heterocycles. The van der Waals surface area contributed by atoms with Crippen LogP contribution in [0.2, 0.25) is 0 Å². The predicted octanol–water partition coefficient (Wildman–Crippen LogP) is -1.27. The van der Waals surface area contributed by atoms with Gasteiger partial charge in [0.1, 0.15) is 18.6 Å². The van der Waals surface area contributed by atoms with E-state index in [0.29, 0.717) is 0 Å². The Morgan fingerprint density at radius 3 is 1.76 bits per heavy atom. The summed E-state index contributed by atoms with van der Waals surface area (Å²) in [5.74, 6) is -3.24. The van der Waals surface area contributed by atoms with Gasteiger partial charge in [-0.05, 0) is 11.8 Å². The molecule has 3 atom stereocenters. The van der Waals surface area contributed by atoms with E-state index in [-0.39, 0.29) is 17.6 Å². The summed E-state index contributed by atoms with van der Waals surface area (Å²) in [6, 6.07) is -2.66. The number of nitrogens with two attached hydrogens (primary N) is 1. The molecule has 0 aliphatic rings. The molecule has 0 aromatic rings. The van der Waals surface area contributed by atoms with Gasteiger partial charge < -0.3 is 26.8 Å². The maximum atomic E-state index is 12.5. The van der Waals surface area contributed by atoms with E-state index in [4.69, 9.17) is 10.8 Å². The van der Waals surface area contributed by atoms with Crippen molar-refractivity contribution in [3.63, 3.8) is 0 Å². The first-order valence-corrected chi connectivity index (χ1v) is 8.61. The van der Waals surface area contributed by atoms with Crippen molar-refractivity contribution < 1.29 is 24.3 Å². The van der Waals surface area contributed by atoms with Crippen LogP contribution in [0.25, 0.3) is 0 Å². The number of aliphatic carboxylic acids is 1. The van der Waals surface area contributed by atoms with Gasteiger partial charge in [0.25, 0.3) is 0 Å². The number of carboxylic acids is 1. The zero-order valence-electron chi connectivity index (χ0n) is 14.9. The largest absolute Gasteiger partial charge is 0.480 e. The number of hydrogen-bond acceptors (Lipinski definition) is 6. The van der Waals surface area contributed by atoms with Crippen LogP contribution < -0.4 is 21.7 Å². The van der Waals surface area contributed by atoms with E-state index >= 15 is 0 Å². The van der Waals surface area contributed by atoms with Gasteiger partial charge in [-0.15, -0.1) is 0 Å². The van der Waals surface area contributed by atoms with Gasteiger partial charge in [-0.1, -0.05) is 27.7 Å². The van der Waals surface area contributed by atoms with E-state index in [9.17, 15) is 19.2 Å². The fourth-order valence-corrected chi connectivity index (χ4v) is 2.09. The summed E-state index contributed by atoms with van der Waals surface area (Å²) in [5.41, 5.74) is 5.59. The van der Waals surface area contributed by atoms with Crippen LogP contribution in [-0.4, -0.2) is 59.2 Å². The second-order valence-corrected chi connectivity index (χ2v) is 6.73. The van der Waals surface area contributed by atoms with Crippen LogP contribution in [-0.2, 0) is 19.2 Å². The molecule has 0 aliphatic carbocycles. The maximum absolute atomic E-state index is 12.5. The zero-order valence-corrected chi connectivity index (χ0v) is 15.8. The lowest BCUT2D eigenvalue weighted by atomic mass is 9.99. The van der Waals surface area contributed by atoms with Crippen molar-refractivity contribution >= 4 is 36.3 Å². The van der Waals surface area contributed by atoms with Gasteiger partial charge >= 0.3 is 5.97 Å². The van der Waals surface area contributed by atoms with Crippen molar-refractivity contribution in [1.29, 1.82) is 0 Å². The topological polar surface area (TPSA) is 151 Å². The molecule has 25 heavy (non-hydrogen) atoms. The molecule has 0 saturated carbocycles. The SMILES string of the molecule is CC(C)C(NC(=O)C(N)CS)C(=O)NC(C(=O)NCC(=O)O)C(C)C. The number of thiol groups is 1. The molecule has 0 spiro atoms. The molecule has 0 heterocycles. The van der Waals surface area contributed by atoms with E-state index in [1.807, 2.05) is 0 Å². The molecule has 3 unspecified atom stereocenters. The molecule has 0 aromatic carbocycles. The van der Waals surface area contributed by atoms with Crippen molar-refractivity contribution in [2.75, 3.05) is 12.3 Å². The lowest BCUT2D eigenvalue weighted by Gasteiger charge is -2.27. The lowest BCUT2D eigenvalue weighted by molar-refractivity contribution is -0.139. The first-order chi connectivity index (χ1) is 11.5. The molecule has 0 rings (SSSR count). The van der Waals surface area contributed by atoms with Crippen molar-refractivity contribution in [1.82, 2.24) is 16.0 Å². The van der Waals surface area contributed by atoms with Crippen LogP contribution in [0.3, 0.4) is 0 Å². The van der Waals surface area contributed by atoms with E-state index in [1.54, 1.807) is 27.7 Å². The summed E-state index contributed by atoms with van der Waals surface area (Å²) in [7, 11) is 0. The summed E-state index contributed by atoms with van der Waals surface area (Å²) in [4.78, 5) is 47.1. The minimum Gasteiger partial charge on any atom is -0.480 e. The Hall–Kier alpha value is -1.81. The molecule has 0 saturated heterocycles. The highest BCUT2D eigenvalue weighted by atomic mass is 32.1. The number of amides is 3. The van der Waals surface area contributed by atoms with Gasteiger partial charge in [-0.25, -0.2) is 0 Å². The fraction of sp³-hybridized carbons (Fsp3) is 0.733. The van der Waals surface area contributed by atoms with Crippen molar-refractivity contribution in [2.24, 2.45) is 17.6 Å². The molecular weight excluding hydrogens is 348 g/mol. The number of hydrogen-bond donors (Lipinski definition) is 6. The van der Waals surface area contributed by atoms with Gasteiger partial charge in [0, 0.05) is 5.75 Å². The molecule has 6 N–H and O–H groups in total. The maximum Gasteiger partial charge on any atom is 0.322 e. The van der Waals surface area contributed by atoms with Crippen LogP contribution in [0.5, 0.6) is 0 Å². The van der Waals surface area contributed by atoms with E-state index in [0.717, 1.165) is 0 Å². The number of carbonyl (C=O) groups excluding carboxylic acids is 3. The second kappa shape index (κ2) is 10.9. The smallest absolute Gasteiger partial charge is 0.322 e. The second-order valence-electron chi connectivity index (χ2n) is 6.36. The van der Waals surface area contributed by atoms with Crippen LogP contribution in [0.15, 0.2) is 0 Å². The minimum atomic E-state index is -1.18. The molecule has 9 nitrogen and oxygen atoms in total. The third kappa shape index (κ3) is 8.21. The standard InChI is InChI=1S/C15H28N4O5S/c1-7(2)11(14(23)17-5-10(20)21)19-15(24)12(8(3)4)18-13(22)9(16)6-25/h7-9,11-12,25H,5-6,16H2,1-4H3,(H,17,23)(H,18,22)(H,19,24)(H,20,21). The molecule has 10 heteroatoms. The third-order valence-corrected chi connectivity index (χ3v) is 3.83. The Bertz CT molecular complexity index is 498. The van der Waals surface area contributed by atoms with Crippen molar-refractivity contribution in [3.05, 3.63) is 0 Å².